The summed E-state index contributed by atoms with van der Waals surface area (Å²) in [7, 11) is 3.55. The SMILES string of the molecule is CN(C)CSC(C(=O)O)C(=O)C(Cl)Cl. The zero-order valence-electron chi connectivity index (χ0n) is 7.74. The predicted octanol–water partition coefficient (Wildman–Crippen LogP) is 1.06. The highest BCUT2D eigenvalue weighted by Gasteiger charge is 2.30. The zero-order valence-corrected chi connectivity index (χ0v) is 10.1. The van der Waals surface area contributed by atoms with E-state index in [2.05, 4.69) is 0 Å². The van der Waals surface area contributed by atoms with Crippen molar-refractivity contribution in [1.82, 2.24) is 4.90 Å². The van der Waals surface area contributed by atoms with Crippen LogP contribution >= 0.6 is 35.0 Å². The maximum atomic E-state index is 11.2. The third kappa shape index (κ3) is 5.05. The van der Waals surface area contributed by atoms with Crippen molar-refractivity contribution in [3.8, 4) is 0 Å². The number of ketones is 1. The molecule has 4 nitrogen and oxygen atoms in total. The van der Waals surface area contributed by atoms with E-state index in [-0.39, 0.29) is 0 Å². The van der Waals surface area contributed by atoms with Gasteiger partial charge in [-0.05, 0) is 14.1 Å². The molecule has 1 unspecified atom stereocenters. The predicted molar refractivity (Wildman–Crippen MR) is 58.1 cm³/mol. The van der Waals surface area contributed by atoms with E-state index in [9.17, 15) is 9.59 Å². The Labute approximate surface area is 96.5 Å². The van der Waals surface area contributed by atoms with Gasteiger partial charge in [0.1, 0.15) is 0 Å². The molecule has 0 aliphatic heterocycles. The number of rotatable bonds is 6. The maximum absolute atomic E-state index is 11.2. The summed E-state index contributed by atoms with van der Waals surface area (Å²) < 4.78 is 0. The van der Waals surface area contributed by atoms with Gasteiger partial charge in [-0.3, -0.25) is 9.59 Å². The Morgan fingerprint density at radius 1 is 1.43 bits per heavy atom. The second-order valence-corrected chi connectivity index (χ2v) is 4.96. The van der Waals surface area contributed by atoms with Crippen LogP contribution in [0.4, 0.5) is 0 Å². The van der Waals surface area contributed by atoms with Gasteiger partial charge in [0.15, 0.2) is 15.9 Å². The zero-order chi connectivity index (χ0) is 11.3. The van der Waals surface area contributed by atoms with E-state index in [4.69, 9.17) is 28.3 Å². The number of hydrogen-bond donors (Lipinski definition) is 1. The average molecular weight is 260 g/mol. The monoisotopic (exact) mass is 259 g/mol. The fourth-order valence-electron chi connectivity index (χ4n) is 0.613. The largest absolute Gasteiger partial charge is 0.480 e. The molecule has 0 saturated carbocycles. The van der Waals surface area contributed by atoms with Crippen molar-refractivity contribution < 1.29 is 14.7 Å². The lowest BCUT2D eigenvalue weighted by Crippen LogP contribution is -2.32. The van der Waals surface area contributed by atoms with Gasteiger partial charge in [0.2, 0.25) is 0 Å². The third-order valence-electron chi connectivity index (χ3n) is 1.20. The lowest BCUT2D eigenvalue weighted by Gasteiger charge is -2.14. The molecule has 0 heterocycles. The number of hydrogen-bond acceptors (Lipinski definition) is 4. The topological polar surface area (TPSA) is 57.6 Å². The Balaban J connectivity index is 4.30. The summed E-state index contributed by atoms with van der Waals surface area (Å²) in [6.45, 7) is 0. The van der Waals surface area contributed by atoms with Gasteiger partial charge in [0.05, 0.1) is 0 Å². The molecule has 0 saturated heterocycles. The lowest BCUT2D eigenvalue weighted by atomic mass is 10.3. The van der Waals surface area contributed by atoms with Crippen molar-refractivity contribution in [3.63, 3.8) is 0 Å². The molecule has 0 fully saturated rings. The molecule has 0 aromatic heterocycles. The number of Topliss-reactive ketones (excluding diaryl/α,β-unsaturated/α-hetero) is 1. The van der Waals surface area contributed by atoms with Crippen LogP contribution in [-0.4, -0.2) is 51.8 Å². The minimum atomic E-state index is -1.29. The number of nitrogens with zero attached hydrogens (tertiary/aromatic N) is 1. The molecular formula is C7H11Cl2NO3S. The highest BCUT2D eigenvalue weighted by atomic mass is 35.5. The van der Waals surface area contributed by atoms with Crippen molar-refractivity contribution in [1.29, 1.82) is 0 Å². The molecular weight excluding hydrogens is 249 g/mol. The summed E-state index contributed by atoms with van der Waals surface area (Å²) in [6, 6.07) is 0. The first-order valence-electron chi connectivity index (χ1n) is 3.67. The molecule has 82 valence electrons. The van der Waals surface area contributed by atoms with E-state index in [0.717, 1.165) is 11.8 Å². The number of carbonyl (C=O) groups is 2. The Hall–Kier alpha value is 0.0300. The van der Waals surface area contributed by atoms with Gasteiger partial charge >= 0.3 is 5.97 Å². The lowest BCUT2D eigenvalue weighted by molar-refractivity contribution is -0.139. The first-order chi connectivity index (χ1) is 6.36. The van der Waals surface area contributed by atoms with Crippen LogP contribution in [0.1, 0.15) is 0 Å². The van der Waals surface area contributed by atoms with Crippen LogP contribution in [0.25, 0.3) is 0 Å². The van der Waals surface area contributed by atoms with E-state index in [1.165, 1.54) is 0 Å². The number of carboxylic acid groups (broad SMARTS) is 1. The van der Waals surface area contributed by atoms with Crippen LogP contribution in [0.3, 0.4) is 0 Å². The van der Waals surface area contributed by atoms with E-state index in [0.29, 0.717) is 5.88 Å². The van der Waals surface area contributed by atoms with Crippen LogP contribution in [0.5, 0.6) is 0 Å². The molecule has 1 N–H and O–H groups in total. The van der Waals surface area contributed by atoms with Crippen molar-refractivity contribution in [2.24, 2.45) is 0 Å². The first-order valence-corrected chi connectivity index (χ1v) is 5.59. The molecule has 0 bridgehead atoms. The molecule has 7 heteroatoms. The molecule has 0 aromatic rings. The van der Waals surface area contributed by atoms with Gasteiger partial charge in [0, 0.05) is 5.88 Å². The van der Waals surface area contributed by atoms with Gasteiger partial charge in [-0.1, -0.05) is 23.2 Å². The fourth-order valence-corrected chi connectivity index (χ4v) is 1.90. The molecule has 0 spiro atoms. The normalized spacial score (nSPS) is 13.3. The van der Waals surface area contributed by atoms with Crippen LogP contribution in [0.2, 0.25) is 0 Å². The van der Waals surface area contributed by atoms with Gasteiger partial charge in [0.25, 0.3) is 0 Å². The van der Waals surface area contributed by atoms with Crippen molar-refractivity contribution in [2.45, 2.75) is 10.1 Å². The highest BCUT2D eigenvalue weighted by molar-refractivity contribution is 8.01. The summed E-state index contributed by atoms with van der Waals surface area (Å²) in [5.74, 6) is -1.48. The Kier molecular flexibility index (Phi) is 6.52. The average Bonchev–Trinajstić information content (AvgIpc) is 2.02. The highest BCUT2D eigenvalue weighted by Crippen LogP contribution is 2.18. The van der Waals surface area contributed by atoms with Crippen LogP contribution < -0.4 is 0 Å². The van der Waals surface area contributed by atoms with Gasteiger partial charge in [-0.2, -0.15) is 0 Å². The summed E-state index contributed by atoms with van der Waals surface area (Å²) in [5.41, 5.74) is 0. The van der Waals surface area contributed by atoms with Crippen molar-refractivity contribution in [2.75, 3.05) is 20.0 Å². The number of carbonyl (C=O) groups excluding carboxylic acids is 1. The van der Waals surface area contributed by atoms with Gasteiger partial charge in [-0.15, -0.1) is 11.8 Å². The minimum absolute atomic E-state index is 0.420. The second kappa shape index (κ2) is 6.50. The Bertz CT molecular complexity index is 223. The quantitative estimate of drug-likeness (QED) is 0.439. The summed E-state index contributed by atoms with van der Waals surface area (Å²) in [5, 5.41) is 7.53. The number of halogens is 2. The first kappa shape index (κ1) is 14.0. The summed E-state index contributed by atoms with van der Waals surface area (Å²) in [4.78, 5) is 22.4. The van der Waals surface area contributed by atoms with E-state index < -0.39 is 21.8 Å². The standard InChI is InChI=1S/C7H11Cl2NO3S/c1-10(2)3-14-5(7(12)13)4(11)6(8)9/h5-6H,3H2,1-2H3,(H,12,13). The number of carboxylic acids is 1. The molecule has 0 aliphatic rings. The molecule has 0 aromatic carbocycles. The Morgan fingerprint density at radius 2 is 1.93 bits per heavy atom. The molecule has 0 aliphatic carbocycles. The smallest absolute Gasteiger partial charge is 0.324 e. The number of alkyl halides is 2. The molecule has 14 heavy (non-hydrogen) atoms. The minimum Gasteiger partial charge on any atom is -0.480 e. The molecule has 0 radical (unpaired) electrons. The van der Waals surface area contributed by atoms with E-state index in [1.54, 1.807) is 19.0 Å². The maximum Gasteiger partial charge on any atom is 0.324 e. The van der Waals surface area contributed by atoms with Crippen molar-refractivity contribution >= 4 is 46.7 Å². The fraction of sp³-hybridized carbons (Fsp3) is 0.714. The van der Waals surface area contributed by atoms with Gasteiger partial charge in [-0.25, -0.2) is 0 Å². The Morgan fingerprint density at radius 3 is 2.21 bits per heavy atom. The van der Waals surface area contributed by atoms with E-state index >= 15 is 0 Å². The number of aliphatic carboxylic acids is 1. The van der Waals surface area contributed by atoms with Crippen LogP contribution in [0.15, 0.2) is 0 Å². The number of thioether (sulfide) groups is 1. The molecule has 0 rings (SSSR count). The second-order valence-electron chi connectivity index (χ2n) is 2.80. The summed E-state index contributed by atoms with van der Waals surface area (Å²) >= 11 is 11.6. The van der Waals surface area contributed by atoms with Crippen LogP contribution in [0, 0.1) is 0 Å². The summed E-state index contributed by atoms with van der Waals surface area (Å²) in [6.07, 6.45) is 0. The molecule has 0 amide bonds. The van der Waals surface area contributed by atoms with Gasteiger partial charge < -0.3 is 10.0 Å². The molecule has 1 atom stereocenters. The van der Waals surface area contributed by atoms with Crippen molar-refractivity contribution in [3.05, 3.63) is 0 Å². The van der Waals surface area contributed by atoms with E-state index in [1.807, 2.05) is 0 Å². The third-order valence-corrected chi connectivity index (χ3v) is 3.06. The van der Waals surface area contributed by atoms with Crippen LogP contribution in [-0.2, 0) is 9.59 Å².